The predicted molar refractivity (Wildman–Crippen MR) is 97.0 cm³/mol. The standard InChI is InChI=1S/C14H30N8O4/c1-15-11(23)19-7-9-21-13(25)17-5-3-4-6-18-14(26)22-10-8-20-12(24)16-2/h3-10H2,1-2H3,(H2,15,19,23)(H2,16,20,24)(H2,17,21,25)(H2,18,22,26). The molecule has 0 spiro atoms. The third kappa shape index (κ3) is 14.7. The number of rotatable bonds is 11. The second-order valence-electron chi connectivity index (χ2n) is 5.08. The molecule has 0 aliphatic rings. The Morgan fingerprint density at radius 2 is 0.731 bits per heavy atom. The second kappa shape index (κ2) is 15.6. The molecule has 8 amide bonds. The van der Waals surface area contributed by atoms with E-state index in [-0.39, 0.29) is 24.1 Å². The second-order valence-corrected chi connectivity index (χ2v) is 5.08. The van der Waals surface area contributed by atoms with E-state index in [1.54, 1.807) is 0 Å². The smallest absolute Gasteiger partial charge is 0.314 e. The fourth-order valence-electron chi connectivity index (χ4n) is 1.66. The summed E-state index contributed by atoms with van der Waals surface area (Å²) in [5, 5.41) is 20.5. The van der Waals surface area contributed by atoms with Gasteiger partial charge in [0.05, 0.1) is 0 Å². The van der Waals surface area contributed by atoms with E-state index in [0.717, 1.165) is 0 Å². The first kappa shape index (κ1) is 23.1. The molecule has 12 nitrogen and oxygen atoms in total. The lowest BCUT2D eigenvalue weighted by Gasteiger charge is -2.09. The summed E-state index contributed by atoms with van der Waals surface area (Å²) in [6.45, 7) is 2.29. The van der Waals surface area contributed by atoms with E-state index in [1.807, 2.05) is 0 Å². The van der Waals surface area contributed by atoms with E-state index in [4.69, 9.17) is 0 Å². The number of amides is 8. The minimum absolute atomic E-state index is 0.300. The maximum absolute atomic E-state index is 11.4. The Balaban J connectivity index is 3.41. The summed E-state index contributed by atoms with van der Waals surface area (Å²) in [7, 11) is 3.03. The van der Waals surface area contributed by atoms with Crippen molar-refractivity contribution in [3.63, 3.8) is 0 Å². The molecule has 150 valence electrons. The Hall–Kier alpha value is -2.92. The lowest BCUT2D eigenvalue weighted by Crippen LogP contribution is -2.43. The Bertz CT molecular complexity index is 407. The highest BCUT2D eigenvalue weighted by molar-refractivity contribution is 5.75. The van der Waals surface area contributed by atoms with Crippen molar-refractivity contribution in [2.45, 2.75) is 12.8 Å². The molecule has 0 saturated carbocycles. The van der Waals surface area contributed by atoms with Crippen molar-refractivity contribution < 1.29 is 19.2 Å². The molecule has 0 aromatic heterocycles. The number of carbonyl (C=O) groups is 4. The van der Waals surface area contributed by atoms with Gasteiger partial charge in [-0.25, -0.2) is 19.2 Å². The van der Waals surface area contributed by atoms with Crippen LogP contribution in [0.5, 0.6) is 0 Å². The molecule has 0 atom stereocenters. The molecule has 0 radical (unpaired) electrons. The first-order chi connectivity index (χ1) is 12.5. The van der Waals surface area contributed by atoms with Crippen LogP contribution in [0, 0.1) is 0 Å². The molecule has 0 aliphatic heterocycles. The van der Waals surface area contributed by atoms with Crippen LogP contribution in [0.2, 0.25) is 0 Å². The Morgan fingerprint density at radius 1 is 0.462 bits per heavy atom. The maximum atomic E-state index is 11.4. The molecule has 0 aromatic carbocycles. The van der Waals surface area contributed by atoms with Gasteiger partial charge in [-0.3, -0.25) is 0 Å². The summed E-state index contributed by atoms with van der Waals surface area (Å²) in [5.74, 6) is 0. The molecule has 12 heteroatoms. The van der Waals surface area contributed by atoms with E-state index in [2.05, 4.69) is 42.5 Å². The van der Waals surface area contributed by atoms with Gasteiger partial charge in [0.2, 0.25) is 0 Å². The van der Waals surface area contributed by atoms with Crippen molar-refractivity contribution in [2.75, 3.05) is 53.4 Å². The van der Waals surface area contributed by atoms with E-state index < -0.39 is 0 Å². The summed E-state index contributed by atoms with van der Waals surface area (Å²) in [6, 6.07) is -1.21. The van der Waals surface area contributed by atoms with E-state index in [9.17, 15) is 19.2 Å². The van der Waals surface area contributed by atoms with Gasteiger partial charge in [0.25, 0.3) is 0 Å². The van der Waals surface area contributed by atoms with Gasteiger partial charge in [-0.15, -0.1) is 0 Å². The van der Waals surface area contributed by atoms with Crippen molar-refractivity contribution in [3.05, 3.63) is 0 Å². The fraction of sp³-hybridized carbons (Fsp3) is 0.714. The van der Waals surface area contributed by atoms with Gasteiger partial charge >= 0.3 is 24.1 Å². The first-order valence-corrected chi connectivity index (χ1v) is 8.44. The molecular weight excluding hydrogens is 344 g/mol. The van der Waals surface area contributed by atoms with Gasteiger partial charge in [0.15, 0.2) is 0 Å². The predicted octanol–water partition coefficient (Wildman–Crippen LogP) is -1.78. The molecule has 8 N–H and O–H groups in total. The Morgan fingerprint density at radius 3 is 1.04 bits per heavy atom. The summed E-state index contributed by atoms with van der Waals surface area (Å²) in [4.78, 5) is 44.7. The zero-order valence-corrected chi connectivity index (χ0v) is 15.3. The largest absolute Gasteiger partial charge is 0.341 e. The van der Waals surface area contributed by atoms with Gasteiger partial charge in [0.1, 0.15) is 0 Å². The van der Waals surface area contributed by atoms with Gasteiger partial charge in [-0.2, -0.15) is 0 Å². The summed E-state index contributed by atoms with van der Waals surface area (Å²) in [5.41, 5.74) is 0. The topological polar surface area (TPSA) is 165 Å². The van der Waals surface area contributed by atoms with Crippen LogP contribution >= 0.6 is 0 Å². The van der Waals surface area contributed by atoms with Gasteiger partial charge in [-0.05, 0) is 12.8 Å². The van der Waals surface area contributed by atoms with Crippen LogP contribution in [0.15, 0.2) is 0 Å². The number of hydrogen-bond donors (Lipinski definition) is 8. The summed E-state index contributed by atoms with van der Waals surface area (Å²) >= 11 is 0. The lowest BCUT2D eigenvalue weighted by atomic mass is 10.3. The highest BCUT2D eigenvalue weighted by Crippen LogP contribution is 1.84. The van der Waals surface area contributed by atoms with Gasteiger partial charge in [-0.1, -0.05) is 0 Å². The van der Waals surface area contributed by atoms with Crippen molar-refractivity contribution in [3.8, 4) is 0 Å². The van der Waals surface area contributed by atoms with Crippen molar-refractivity contribution in [1.82, 2.24) is 42.5 Å². The molecule has 0 fully saturated rings. The fourth-order valence-corrected chi connectivity index (χ4v) is 1.66. The number of urea groups is 4. The van der Waals surface area contributed by atoms with E-state index >= 15 is 0 Å². The lowest BCUT2D eigenvalue weighted by molar-refractivity contribution is 0.236. The molecule has 26 heavy (non-hydrogen) atoms. The average Bonchev–Trinajstić information content (AvgIpc) is 2.64. The van der Waals surface area contributed by atoms with Crippen molar-refractivity contribution in [1.29, 1.82) is 0 Å². The maximum Gasteiger partial charge on any atom is 0.314 e. The van der Waals surface area contributed by atoms with Crippen molar-refractivity contribution >= 4 is 24.1 Å². The normalized spacial score (nSPS) is 9.46. The number of unbranched alkanes of at least 4 members (excludes halogenated alkanes) is 1. The minimum Gasteiger partial charge on any atom is -0.341 e. The van der Waals surface area contributed by atoms with Gasteiger partial charge < -0.3 is 42.5 Å². The van der Waals surface area contributed by atoms with Crippen LogP contribution in [0.1, 0.15) is 12.8 Å². The molecular formula is C14H30N8O4. The third-order valence-corrected chi connectivity index (χ3v) is 3.02. The quantitative estimate of drug-likeness (QED) is 0.201. The molecule has 0 aromatic rings. The molecule has 0 heterocycles. The van der Waals surface area contributed by atoms with Crippen LogP contribution in [0.3, 0.4) is 0 Å². The Labute approximate surface area is 153 Å². The van der Waals surface area contributed by atoms with Crippen LogP contribution in [0.4, 0.5) is 19.2 Å². The Kier molecular flexibility index (Phi) is 13.8. The van der Waals surface area contributed by atoms with E-state index in [0.29, 0.717) is 52.1 Å². The van der Waals surface area contributed by atoms with Crippen LogP contribution in [-0.2, 0) is 0 Å². The number of carbonyl (C=O) groups excluding carboxylic acids is 4. The van der Waals surface area contributed by atoms with Crippen LogP contribution in [0.25, 0.3) is 0 Å². The molecule has 0 bridgehead atoms. The van der Waals surface area contributed by atoms with Gasteiger partial charge in [0, 0.05) is 53.4 Å². The highest BCUT2D eigenvalue weighted by atomic mass is 16.2. The van der Waals surface area contributed by atoms with E-state index in [1.165, 1.54) is 14.1 Å². The summed E-state index contributed by atoms with van der Waals surface area (Å²) < 4.78 is 0. The van der Waals surface area contributed by atoms with Crippen molar-refractivity contribution in [2.24, 2.45) is 0 Å². The first-order valence-electron chi connectivity index (χ1n) is 8.44. The third-order valence-electron chi connectivity index (χ3n) is 3.02. The number of nitrogens with one attached hydrogen (secondary N) is 8. The zero-order valence-electron chi connectivity index (χ0n) is 15.3. The molecule has 0 aliphatic carbocycles. The van der Waals surface area contributed by atoms with Crippen LogP contribution in [-0.4, -0.2) is 77.5 Å². The number of hydrogen-bond acceptors (Lipinski definition) is 4. The monoisotopic (exact) mass is 374 g/mol. The van der Waals surface area contributed by atoms with Crippen LogP contribution < -0.4 is 42.5 Å². The summed E-state index contributed by atoms with van der Waals surface area (Å²) in [6.07, 6.45) is 1.42. The molecule has 0 saturated heterocycles. The zero-order chi connectivity index (χ0) is 19.6. The minimum atomic E-state index is -0.307. The molecule has 0 rings (SSSR count). The highest BCUT2D eigenvalue weighted by Gasteiger charge is 2.01. The molecule has 0 unspecified atom stereocenters. The average molecular weight is 374 g/mol. The SMILES string of the molecule is CNC(=O)NCCNC(=O)NCCCCNC(=O)NCCNC(=O)NC.